The van der Waals surface area contributed by atoms with E-state index in [0.717, 1.165) is 5.56 Å². The Bertz CT molecular complexity index is 1010. The quantitative estimate of drug-likeness (QED) is 0.441. The van der Waals surface area contributed by atoms with Gasteiger partial charge in [-0.1, -0.05) is 91.0 Å². The third-order valence-electron chi connectivity index (χ3n) is 4.86. The minimum Gasteiger partial charge on any atom is -0.479 e. The monoisotopic (exact) mass is 416 g/mol. The van der Waals surface area contributed by atoms with E-state index >= 15 is 0 Å². The molecule has 0 saturated carbocycles. The van der Waals surface area contributed by atoms with Crippen molar-refractivity contribution in [1.29, 1.82) is 0 Å². The lowest BCUT2D eigenvalue weighted by atomic mass is 10.0. The summed E-state index contributed by atoms with van der Waals surface area (Å²) in [4.78, 5) is 37.5. The van der Waals surface area contributed by atoms with Crippen molar-refractivity contribution < 1.29 is 19.5 Å². The molecule has 3 rings (SSSR count). The number of Topliss-reactive ketones (excluding diaryl/α,β-unsaturated/α-hetero) is 1. The molecular formula is C25H24N2O4. The van der Waals surface area contributed by atoms with Gasteiger partial charge in [0, 0.05) is 18.5 Å². The molecule has 2 atom stereocenters. The normalized spacial score (nSPS) is 12.5. The third-order valence-corrected chi connectivity index (χ3v) is 4.86. The van der Waals surface area contributed by atoms with Gasteiger partial charge in [-0.15, -0.1) is 0 Å². The van der Waals surface area contributed by atoms with Crippen molar-refractivity contribution in [2.24, 2.45) is 0 Å². The first-order chi connectivity index (χ1) is 15.0. The van der Waals surface area contributed by atoms with Crippen LogP contribution in [0, 0.1) is 0 Å². The maximum atomic E-state index is 13.0. The minimum atomic E-state index is -1.21. The molecule has 1 amide bonds. The molecule has 0 radical (unpaired) electrons. The van der Waals surface area contributed by atoms with E-state index in [-0.39, 0.29) is 12.2 Å². The summed E-state index contributed by atoms with van der Waals surface area (Å²) in [5, 5.41) is 15.3. The number of amides is 1. The number of rotatable bonds is 10. The van der Waals surface area contributed by atoms with Crippen LogP contribution in [0.15, 0.2) is 91.0 Å². The summed E-state index contributed by atoms with van der Waals surface area (Å²) in [5.74, 6) is -1.92. The Morgan fingerprint density at radius 1 is 0.774 bits per heavy atom. The highest BCUT2D eigenvalue weighted by atomic mass is 16.4. The first kappa shape index (κ1) is 21.9. The molecule has 0 heterocycles. The van der Waals surface area contributed by atoms with Gasteiger partial charge < -0.3 is 15.7 Å². The van der Waals surface area contributed by atoms with E-state index < -0.39 is 24.0 Å². The summed E-state index contributed by atoms with van der Waals surface area (Å²) in [7, 11) is 0. The van der Waals surface area contributed by atoms with Gasteiger partial charge in [0.2, 0.25) is 5.91 Å². The molecule has 0 spiro atoms. The second-order valence-electron chi connectivity index (χ2n) is 7.10. The number of hydrogen-bond donors (Lipinski definition) is 3. The number of carboxylic acid groups (broad SMARTS) is 1. The van der Waals surface area contributed by atoms with Crippen LogP contribution in [-0.4, -0.2) is 28.8 Å². The molecule has 0 aliphatic carbocycles. The van der Waals surface area contributed by atoms with Gasteiger partial charge in [-0.3, -0.25) is 9.59 Å². The smallest absolute Gasteiger partial charge is 0.330 e. The first-order valence-electron chi connectivity index (χ1n) is 9.98. The van der Waals surface area contributed by atoms with Gasteiger partial charge in [0.25, 0.3) is 0 Å². The van der Waals surface area contributed by atoms with E-state index in [9.17, 15) is 19.5 Å². The van der Waals surface area contributed by atoms with Crippen molar-refractivity contribution in [1.82, 2.24) is 10.6 Å². The Kier molecular flexibility index (Phi) is 7.67. The van der Waals surface area contributed by atoms with Crippen LogP contribution in [0.3, 0.4) is 0 Å². The molecule has 0 aliphatic rings. The molecule has 0 bridgehead atoms. The van der Waals surface area contributed by atoms with E-state index in [1.165, 1.54) is 0 Å². The van der Waals surface area contributed by atoms with Crippen LogP contribution in [0.4, 0.5) is 0 Å². The largest absolute Gasteiger partial charge is 0.479 e. The Hall–Kier alpha value is -3.77. The Morgan fingerprint density at radius 3 is 1.90 bits per heavy atom. The molecule has 0 aliphatic heterocycles. The number of benzene rings is 3. The SMILES string of the molecule is O=C(C[C@H](NCc1ccccc1)C(=O)N[C@H](C(=O)O)c1ccccc1)c1ccccc1. The van der Waals surface area contributed by atoms with E-state index in [2.05, 4.69) is 10.6 Å². The number of ketones is 1. The van der Waals surface area contributed by atoms with Crippen molar-refractivity contribution in [2.45, 2.75) is 25.0 Å². The summed E-state index contributed by atoms with van der Waals surface area (Å²) in [6.45, 7) is 0.365. The molecular weight excluding hydrogens is 392 g/mol. The van der Waals surface area contributed by atoms with Gasteiger partial charge in [0.15, 0.2) is 11.8 Å². The molecule has 3 N–H and O–H groups in total. The highest BCUT2D eigenvalue weighted by molar-refractivity contribution is 6.00. The van der Waals surface area contributed by atoms with Gasteiger partial charge in [-0.05, 0) is 11.1 Å². The lowest BCUT2D eigenvalue weighted by Gasteiger charge is -2.21. The molecule has 3 aromatic rings. The Morgan fingerprint density at radius 2 is 1.32 bits per heavy atom. The molecule has 0 unspecified atom stereocenters. The van der Waals surface area contributed by atoms with Crippen molar-refractivity contribution >= 4 is 17.7 Å². The maximum Gasteiger partial charge on any atom is 0.330 e. The number of hydrogen-bond acceptors (Lipinski definition) is 4. The fraction of sp³-hybridized carbons (Fsp3) is 0.160. The van der Waals surface area contributed by atoms with Crippen molar-refractivity contribution in [3.05, 3.63) is 108 Å². The second-order valence-corrected chi connectivity index (χ2v) is 7.10. The van der Waals surface area contributed by atoms with Gasteiger partial charge in [-0.25, -0.2) is 4.79 Å². The molecule has 0 saturated heterocycles. The fourth-order valence-electron chi connectivity index (χ4n) is 3.20. The average Bonchev–Trinajstić information content (AvgIpc) is 2.81. The topological polar surface area (TPSA) is 95.5 Å². The van der Waals surface area contributed by atoms with Gasteiger partial charge >= 0.3 is 5.97 Å². The highest BCUT2D eigenvalue weighted by Crippen LogP contribution is 2.14. The van der Waals surface area contributed by atoms with Gasteiger partial charge in [0.1, 0.15) is 0 Å². The molecule has 0 fully saturated rings. The van der Waals surface area contributed by atoms with E-state index in [1.54, 1.807) is 54.6 Å². The van der Waals surface area contributed by atoms with E-state index in [4.69, 9.17) is 0 Å². The van der Waals surface area contributed by atoms with Crippen molar-refractivity contribution in [2.75, 3.05) is 0 Å². The predicted octanol–water partition coefficient (Wildman–Crippen LogP) is 3.36. The lowest BCUT2D eigenvalue weighted by molar-refractivity contribution is -0.142. The number of aliphatic carboxylic acids is 1. The maximum absolute atomic E-state index is 13.0. The number of carbonyl (C=O) groups is 3. The van der Waals surface area contributed by atoms with Gasteiger partial charge in [0.05, 0.1) is 6.04 Å². The molecule has 158 valence electrons. The molecule has 6 heteroatoms. The van der Waals surface area contributed by atoms with Crippen LogP contribution in [0.1, 0.15) is 33.9 Å². The summed E-state index contributed by atoms with van der Waals surface area (Å²) in [6.07, 6.45) is -0.0934. The zero-order valence-electron chi connectivity index (χ0n) is 16.9. The number of carbonyl (C=O) groups excluding carboxylic acids is 2. The summed E-state index contributed by atoms with van der Waals surface area (Å²) in [6, 6.07) is 24.6. The van der Waals surface area contributed by atoms with Crippen LogP contribution < -0.4 is 10.6 Å². The highest BCUT2D eigenvalue weighted by Gasteiger charge is 2.28. The molecule has 0 aromatic heterocycles. The molecule has 31 heavy (non-hydrogen) atoms. The van der Waals surface area contributed by atoms with E-state index in [1.807, 2.05) is 36.4 Å². The standard InChI is InChI=1S/C25H24N2O4/c28-22(19-12-6-2-7-13-19)16-21(26-17-18-10-4-1-5-11-18)24(29)27-23(25(30)31)20-14-8-3-9-15-20/h1-15,21,23,26H,16-17H2,(H,27,29)(H,30,31)/t21-,23-/m0/s1. The van der Waals surface area contributed by atoms with Crippen LogP contribution in [0.2, 0.25) is 0 Å². The number of nitrogens with one attached hydrogen (secondary N) is 2. The Balaban J connectivity index is 1.77. The van der Waals surface area contributed by atoms with Crippen molar-refractivity contribution in [3.8, 4) is 0 Å². The number of carboxylic acids is 1. The lowest BCUT2D eigenvalue weighted by Crippen LogP contribution is -2.47. The van der Waals surface area contributed by atoms with Crippen LogP contribution in [0.25, 0.3) is 0 Å². The van der Waals surface area contributed by atoms with Crippen LogP contribution in [0.5, 0.6) is 0 Å². The fourth-order valence-corrected chi connectivity index (χ4v) is 3.20. The minimum absolute atomic E-state index is 0.0934. The van der Waals surface area contributed by atoms with Crippen molar-refractivity contribution in [3.63, 3.8) is 0 Å². The average molecular weight is 416 g/mol. The zero-order valence-corrected chi connectivity index (χ0v) is 16.9. The Labute approximate surface area is 180 Å². The molecule has 3 aromatic carbocycles. The van der Waals surface area contributed by atoms with E-state index in [0.29, 0.717) is 17.7 Å². The first-order valence-corrected chi connectivity index (χ1v) is 9.98. The molecule has 6 nitrogen and oxygen atoms in total. The van der Waals surface area contributed by atoms with Crippen LogP contribution >= 0.6 is 0 Å². The zero-order chi connectivity index (χ0) is 22.1. The predicted molar refractivity (Wildman–Crippen MR) is 117 cm³/mol. The van der Waals surface area contributed by atoms with Gasteiger partial charge in [-0.2, -0.15) is 0 Å². The summed E-state index contributed by atoms with van der Waals surface area (Å²) < 4.78 is 0. The van der Waals surface area contributed by atoms with Crippen LogP contribution in [-0.2, 0) is 16.1 Å². The second kappa shape index (κ2) is 10.8. The third kappa shape index (κ3) is 6.35. The summed E-state index contributed by atoms with van der Waals surface area (Å²) in [5.41, 5.74) is 1.91. The summed E-state index contributed by atoms with van der Waals surface area (Å²) >= 11 is 0.